The number of benzene rings is 1. The lowest BCUT2D eigenvalue weighted by Gasteiger charge is -2.12. The lowest BCUT2D eigenvalue weighted by Crippen LogP contribution is -2.07. The van der Waals surface area contributed by atoms with Gasteiger partial charge in [0, 0.05) is 0 Å². The molecule has 3 heteroatoms. The van der Waals surface area contributed by atoms with E-state index >= 15 is 0 Å². The summed E-state index contributed by atoms with van der Waals surface area (Å²) in [5.74, 6) is 1.13. The van der Waals surface area contributed by atoms with Gasteiger partial charge in [-0.25, -0.2) is 4.39 Å². The minimum atomic E-state index is -0.236. The Morgan fingerprint density at radius 3 is 2.75 bits per heavy atom. The van der Waals surface area contributed by atoms with Gasteiger partial charge in [0.15, 0.2) is 0 Å². The maximum atomic E-state index is 13.0. The van der Waals surface area contributed by atoms with Crippen LogP contribution >= 0.6 is 0 Å². The lowest BCUT2D eigenvalue weighted by molar-refractivity contribution is 0.286. The van der Waals surface area contributed by atoms with Crippen molar-refractivity contribution >= 4 is 0 Å². The van der Waals surface area contributed by atoms with Gasteiger partial charge in [-0.15, -0.1) is 0 Å². The minimum absolute atomic E-state index is 0.236. The van der Waals surface area contributed by atoms with Crippen molar-refractivity contribution in [2.24, 2.45) is 11.7 Å². The van der Waals surface area contributed by atoms with E-state index in [1.807, 2.05) is 0 Å². The van der Waals surface area contributed by atoms with Crippen LogP contribution < -0.4 is 10.5 Å². The van der Waals surface area contributed by atoms with Crippen molar-refractivity contribution in [1.29, 1.82) is 0 Å². The van der Waals surface area contributed by atoms with Crippen LogP contribution in [0.25, 0.3) is 0 Å². The molecule has 0 aliphatic rings. The molecule has 1 aromatic rings. The van der Waals surface area contributed by atoms with E-state index in [0.29, 0.717) is 25.5 Å². The summed E-state index contributed by atoms with van der Waals surface area (Å²) >= 11 is 0. The molecule has 0 heterocycles. The molecule has 0 radical (unpaired) electrons. The number of hydrogen-bond donors (Lipinski definition) is 1. The van der Waals surface area contributed by atoms with Gasteiger partial charge in [-0.1, -0.05) is 13.8 Å². The van der Waals surface area contributed by atoms with Gasteiger partial charge >= 0.3 is 0 Å². The second-order valence-electron chi connectivity index (χ2n) is 4.32. The molecule has 90 valence electrons. The van der Waals surface area contributed by atoms with Crippen LogP contribution in [0.3, 0.4) is 0 Å². The summed E-state index contributed by atoms with van der Waals surface area (Å²) in [6.45, 7) is 5.47. The molecule has 0 spiro atoms. The molecular formula is C13H20FNO. The first kappa shape index (κ1) is 13.0. The Morgan fingerprint density at radius 1 is 1.38 bits per heavy atom. The quantitative estimate of drug-likeness (QED) is 0.808. The Hall–Kier alpha value is -1.09. The van der Waals surface area contributed by atoms with Crippen molar-refractivity contribution in [3.05, 3.63) is 29.6 Å². The molecule has 0 amide bonds. The molecule has 0 aromatic heterocycles. The third-order valence-corrected chi connectivity index (χ3v) is 2.39. The van der Waals surface area contributed by atoms with E-state index in [1.165, 1.54) is 12.1 Å². The molecule has 0 bridgehead atoms. The van der Waals surface area contributed by atoms with Crippen LogP contribution in [0.2, 0.25) is 0 Å². The normalized spacial score (nSPS) is 10.8. The molecule has 0 saturated carbocycles. The third-order valence-electron chi connectivity index (χ3n) is 2.39. The molecule has 0 fully saturated rings. The van der Waals surface area contributed by atoms with Crippen LogP contribution in [0.1, 0.15) is 25.8 Å². The third kappa shape index (κ3) is 4.19. The van der Waals surface area contributed by atoms with Crippen molar-refractivity contribution in [2.75, 3.05) is 13.2 Å². The molecule has 2 N–H and O–H groups in total. The van der Waals surface area contributed by atoms with E-state index < -0.39 is 0 Å². The lowest BCUT2D eigenvalue weighted by atomic mass is 10.1. The zero-order valence-corrected chi connectivity index (χ0v) is 10.0. The zero-order valence-electron chi connectivity index (χ0n) is 10.0. The van der Waals surface area contributed by atoms with Gasteiger partial charge in [0.2, 0.25) is 0 Å². The molecular weight excluding hydrogens is 205 g/mol. The fourth-order valence-electron chi connectivity index (χ4n) is 1.44. The summed E-state index contributed by atoms with van der Waals surface area (Å²) < 4.78 is 18.7. The van der Waals surface area contributed by atoms with Crippen LogP contribution in [-0.2, 0) is 6.42 Å². The number of nitrogens with two attached hydrogens (primary N) is 1. The zero-order chi connectivity index (χ0) is 12.0. The first-order chi connectivity index (χ1) is 7.63. The van der Waals surface area contributed by atoms with Crippen LogP contribution in [0, 0.1) is 11.7 Å². The SMILES string of the molecule is CC(C)CCOc1ccc(F)cc1CCN. The fraction of sp³-hybridized carbons (Fsp3) is 0.538. The van der Waals surface area contributed by atoms with Gasteiger partial charge in [0.25, 0.3) is 0 Å². The van der Waals surface area contributed by atoms with E-state index in [2.05, 4.69) is 13.8 Å². The highest BCUT2D eigenvalue weighted by molar-refractivity contribution is 5.34. The predicted molar refractivity (Wildman–Crippen MR) is 64.1 cm³/mol. The van der Waals surface area contributed by atoms with Gasteiger partial charge in [0.05, 0.1) is 6.61 Å². The first-order valence-electron chi connectivity index (χ1n) is 5.74. The molecule has 1 aromatic carbocycles. The van der Waals surface area contributed by atoms with Crippen LogP contribution in [-0.4, -0.2) is 13.2 Å². The Balaban J connectivity index is 2.63. The van der Waals surface area contributed by atoms with Gasteiger partial charge in [-0.05, 0) is 49.1 Å². The number of hydrogen-bond acceptors (Lipinski definition) is 2. The van der Waals surface area contributed by atoms with E-state index in [4.69, 9.17) is 10.5 Å². The number of ether oxygens (including phenoxy) is 1. The molecule has 0 aliphatic heterocycles. The van der Waals surface area contributed by atoms with Crippen molar-refractivity contribution in [3.8, 4) is 5.75 Å². The summed E-state index contributed by atoms with van der Waals surface area (Å²) in [5, 5.41) is 0. The Labute approximate surface area is 96.6 Å². The number of halogens is 1. The summed E-state index contributed by atoms with van der Waals surface area (Å²) in [6, 6.07) is 4.60. The average molecular weight is 225 g/mol. The Morgan fingerprint density at radius 2 is 2.12 bits per heavy atom. The maximum Gasteiger partial charge on any atom is 0.123 e. The molecule has 0 unspecified atom stereocenters. The molecule has 0 aliphatic carbocycles. The minimum Gasteiger partial charge on any atom is -0.493 e. The van der Waals surface area contributed by atoms with Crippen LogP contribution in [0.15, 0.2) is 18.2 Å². The predicted octanol–water partition coefficient (Wildman–Crippen LogP) is 2.75. The van der Waals surface area contributed by atoms with E-state index in [9.17, 15) is 4.39 Å². The van der Waals surface area contributed by atoms with Crippen LogP contribution in [0.5, 0.6) is 5.75 Å². The van der Waals surface area contributed by atoms with Crippen molar-refractivity contribution in [1.82, 2.24) is 0 Å². The van der Waals surface area contributed by atoms with E-state index in [0.717, 1.165) is 17.7 Å². The van der Waals surface area contributed by atoms with Crippen molar-refractivity contribution < 1.29 is 9.13 Å². The van der Waals surface area contributed by atoms with Crippen LogP contribution in [0.4, 0.5) is 4.39 Å². The number of rotatable bonds is 6. The Bertz CT molecular complexity index is 326. The van der Waals surface area contributed by atoms with Gasteiger partial charge < -0.3 is 10.5 Å². The summed E-state index contributed by atoms with van der Waals surface area (Å²) in [4.78, 5) is 0. The first-order valence-corrected chi connectivity index (χ1v) is 5.74. The maximum absolute atomic E-state index is 13.0. The van der Waals surface area contributed by atoms with Gasteiger partial charge in [-0.3, -0.25) is 0 Å². The smallest absolute Gasteiger partial charge is 0.123 e. The average Bonchev–Trinajstić information content (AvgIpc) is 2.21. The summed E-state index contributed by atoms with van der Waals surface area (Å²) in [5.41, 5.74) is 6.33. The van der Waals surface area contributed by atoms with Crippen molar-refractivity contribution in [3.63, 3.8) is 0 Å². The topological polar surface area (TPSA) is 35.2 Å². The highest BCUT2D eigenvalue weighted by Crippen LogP contribution is 2.20. The second kappa shape index (κ2) is 6.48. The largest absolute Gasteiger partial charge is 0.493 e. The molecule has 2 nitrogen and oxygen atoms in total. The highest BCUT2D eigenvalue weighted by Gasteiger charge is 2.05. The molecule has 1 rings (SSSR count). The molecule has 16 heavy (non-hydrogen) atoms. The highest BCUT2D eigenvalue weighted by atomic mass is 19.1. The van der Waals surface area contributed by atoms with Gasteiger partial charge in [-0.2, -0.15) is 0 Å². The van der Waals surface area contributed by atoms with Crippen molar-refractivity contribution in [2.45, 2.75) is 26.7 Å². The standard InChI is InChI=1S/C13H20FNO/c1-10(2)6-8-16-13-4-3-12(14)9-11(13)5-7-15/h3-4,9-10H,5-8,15H2,1-2H3. The molecule has 0 saturated heterocycles. The monoisotopic (exact) mass is 225 g/mol. The Kier molecular flexibility index (Phi) is 5.26. The summed E-state index contributed by atoms with van der Waals surface area (Å²) in [6.07, 6.45) is 1.65. The fourth-order valence-corrected chi connectivity index (χ4v) is 1.44. The van der Waals surface area contributed by atoms with Gasteiger partial charge in [0.1, 0.15) is 11.6 Å². The molecule has 0 atom stereocenters. The summed E-state index contributed by atoms with van der Waals surface area (Å²) in [7, 11) is 0. The second-order valence-corrected chi connectivity index (χ2v) is 4.32. The van der Waals surface area contributed by atoms with E-state index in [-0.39, 0.29) is 5.82 Å². The van der Waals surface area contributed by atoms with E-state index in [1.54, 1.807) is 6.07 Å².